The Kier molecular flexibility index (Phi) is 5.93. The average molecular weight is 472 g/mol. The Balaban J connectivity index is 1.33. The molecule has 0 saturated carbocycles. The molecule has 1 N–H and O–H groups in total. The summed E-state index contributed by atoms with van der Waals surface area (Å²) in [5.41, 5.74) is 0.497. The van der Waals surface area contributed by atoms with Gasteiger partial charge in [-0.3, -0.25) is 14.5 Å². The van der Waals surface area contributed by atoms with Gasteiger partial charge in [-0.1, -0.05) is 48.5 Å². The van der Waals surface area contributed by atoms with Gasteiger partial charge in [0.2, 0.25) is 5.91 Å². The summed E-state index contributed by atoms with van der Waals surface area (Å²) in [5.74, 6) is 0.148. The van der Waals surface area contributed by atoms with Gasteiger partial charge in [-0.25, -0.2) is 4.79 Å². The molecule has 0 unspecified atom stereocenters. The van der Waals surface area contributed by atoms with Crippen LogP contribution in [-0.4, -0.2) is 47.3 Å². The van der Waals surface area contributed by atoms with Crippen LogP contribution in [0.1, 0.15) is 43.9 Å². The van der Waals surface area contributed by atoms with Gasteiger partial charge in [0.1, 0.15) is 17.8 Å². The molecule has 2 fully saturated rings. The van der Waals surface area contributed by atoms with Crippen LogP contribution in [0.3, 0.4) is 0 Å². The number of hydrogen-bond donors (Lipinski definition) is 1. The molecular formula is C28H29N3O4. The van der Waals surface area contributed by atoms with Crippen LogP contribution in [0.4, 0.5) is 4.79 Å². The Labute approximate surface area is 204 Å². The van der Waals surface area contributed by atoms with E-state index in [1.54, 1.807) is 11.8 Å². The predicted molar refractivity (Wildman–Crippen MR) is 133 cm³/mol. The standard InChI is InChI=1S/C28H29N3O4/c1-3-35-23-14-11-20(12-15-23)24-9-6-16-30(24)25(32)18-31-26(33)28(2,29-27(31)34)22-13-10-19-7-4-5-8-21(19)17-22/h4-5,7-8,10-15,17,24H,3,6,9,16,18H2,1-2H3,(H,29,34)/t24-,28-/m1/s1. The predicted octanol–water partition coefficient (Wildman–Crippen LogP) is 4.37. The van der Waals surface area contributed by atoms with Gasteiger partial charge in [0.05, 0.1) is 12.6 Å². The smallest absolute Gasteiger partial charge is 0.325 e. The van der Waals surface area contributed by atoms with Crippen LogP contribution < -0.4 is 10.1 Å². The van der Waals surface area contributed by atoms with Crippen molar-refractivity contribution in [2.24, 2.45) is 0 Å². The lowest BCUT2D eigenvalue weighted by Crippen LogP contribution is -2.44. The van der Waals surface area contributed by atoms with Crippen LogP contribution in [0.15, 0.2) is 66.7 Å². The van der Waals surface area contributed by atoms with E-state index < -0.39 is 17.5 Å². The van der Waals surface area contributed by atoms with Gasteiger partial charge in [0.25, 0.3) is 5.91 Å². The maximum atomic E-state index is 13.4. The lowest BCUT2D eigenvalue weighted by atomic mass is 9.90. The third kappa shape index (κ3) is 4.11. The van der Waals surface area contributed by atoms with Crippen molar-refractivity contribution in [3.8, 4) is 5.75 Å². The van der Waals surface area contributed by atoms with Crippen molar-refractivity contribution in [2.75, 3.05) is 19.7 Å². The van der Waals surface area contributed by atoms with Gasteiger partial charge in [0, 0.05) is 6.54 Å². The normalized spacial score (nSPS) is 22.1. The second-order valence-electron chi connectivity index (χ2n) is 9.26. The van der Waals surface area contributed by atoms with Gasteiger partial charge in [0.15, 0.2) is 0 Å². The molecule has 0 aromatic heterocycles. The third-order valence-electron chi connectivity index (χ3n) is 7.04. The minimum absolute atomic E-state index is 0.0779. The van der Waals surface area contributed by atoms with E-state index in [2.05, 4.69) is 5.32 Å². The van der Waals surface area contributed by atoms with Crippen molar-refractivity contribution < 1.29 is 19.1 Å². The van der Waals surface area contributed by atoms with E-state index in [9.17, 15) is 14.4 Å². The maximum Gasteiger partial charge on any atom is 0.325 e. The summed E-state index contributed by atoms with van der Waals surface area (Å²) < 4.78 is 5.52. The van der Waals surface area contributed by atoms with Crippen LogP contribution in [-0.2, 0) is 15.1 Å². The number of amides is 4. The van der Waals surface area contributed by atoms with E-state index >= 15 is 0 Å². The summed E-state index contributed by atoms with van der Waals surface area (Å²) in [5, 5.41) is 4.86. The molecule has 0 bridgehead atoms. The Morgan fingerprint density at radius 1 is 1.06 bits per heavy atom. The number of likely N-dealkylation sites (tertiary alicyclic amines) is 1. The Bertz CT molecular complexity index is 1290. The molecule has 7 heteroatoms. The van der Waals surface area contributed by atoms with Crippen LogP contribution in [0.5, 0.6) is 5.75 Å². The molecule has 2 atom stereocenters. The molecule has 3 aromatic carbocycles. The molecule has 35 heavy (non-hydrogen) atoms. The van der Waals surface area contributed by atoms with Crippen molar-refractivity contribution in [1.82, 2.24) is 15.1 Å². The highest BCUT2D eigenvalue weighted by molar-refractivity contribution is 6.09. The van der Waals surface area contributed by atoms with Crippen LogP contribution >= 0.6 is 0 Å². The number of fused-ring (bicyclic) bond motifs is 1. The molecule has 5 rings (SSSR count). The number of urea groups is 1. The molecule has 0 radical (unpaired) electrons. The van der Waals surface area contributed by atoms with Gasteiger partial charge in [-0.05, 0) is 66.8 Å². The fraction of sp³-hybridized carbons (Fsp3) is 0.321. The topological polar surface area (TPSA) is 79.0 Å². The zero-order valence-corrected chi connectivity index (χ0v) is 20.0. The van der Waals surface area contributed by atoms with Gasteiger partial charge >= 0.3 is 6.03 Å². The molecule has 3 aromatic rings. The first-order chi connectivity index (χ1) is 16.9. The molecular weight excluding hydrogens is 442 g/mol. The lowest BCUT2D eigenvalue weighted by molar-refractivity contribution is -0.139. The number of rotatable bonds is 6. The summed E-state index contributed by atoms with van der Waals surface area (Å²) in [6, 6.07) is 20.7. The Hall–Kier alpha value is -3.87. The highest BCUT2D eigenvalue weighted by Gasteiger charge is 2.50. The highest BCUT2D eigenvalue weighted by atomic mass is 16.5. The molecule has 2 aliphatic rings. The summed E-state index contributed by atoms with van der Waals surface area (Å²) in [6.07, 6.45) is 1.72. The summed E-state index contributed by atoms with van der Waals surface area (Å²) in [7, 11) is 0. The first-order valence-electron chi connectivity index (χ1n) is 12.1. The highest BCUT2D eigenvalue weighted by Crippen LogP contribution is 2.34. The molecule has 0 aliphatic carbocycles. The number of hydrogen-bond acceptors (Lipinski definition) is 4. The maximum absolute atomic E-state index is 13.4. The van der Waals surface area contributed by atoms with Crippen molar-refractivity contribution in [1.29, 1.82) is 0 Å². The van der Waals surface area contributed by atoms with Crippen molar-refractivity contribution in [2.45, 2.75) is 38.3 Å². The molecule has 7 nitrogen and oxygen atoms in total. The van der Waals surface area contributed by atoms with Gasteiger partial charge < -0.3 is 15.0 Å². The second-order valence-corrected chi connectivity index (χ2v) is 9.26. The van der Waals surface area contributed by atoms with E-state index in [1.807, 2.05) is 73.7 Å². The Morgan fingerprint density at radius 2 is 1.80 bits per heavy atom. The fourth-order valence-electron chi connectivity index (χ4n) is 5.13. The number of nitrogens with one attached hydrogen (secondary N) is 1. The van der Waals surface area contributed by atoms with E-state index in [0.29, 0.717) is 18.7 Å². The SMILES string of the molecule is CCOc1ccc([C@H]2CCCN2C(=O)CN2C(=O)N[C@](C)(c3ccc4ccccc4c3)C2=O)cc1. The number of carbonyl (C=O) groups excluding carboxylic acids is 3. The van der Waals surface area contributed by atoms with Crippen LogP contribution in [0, 0.1) is 0 Å². The minimum atomic E-state index is -1.22. The van der Waals surface area contributed by atoms with E-state index in [0.717, 1.165) is 39.8 Å². The fourth-order valence-corrected chi connectivity index (χ4v) is 5.13. The first kappa shape index (κ1) is 22.9. The molecule has 180 valence electrons. The molecule has 2 aliphatic heterocycles. The van der Waals surface area contributed by atoms with Crippen molar-refractivity contribution >= 4 is 28.6 Å². The van der Waals surface area contributed by atoms with Gasteiger partial charge in [-0.15, -0.1) is 0 Å². The minimum Gasteiger partial charge on any atom is -0.494 e. The van der Waals surface area contributed by atoms with E-state index in [-0.39, 0.29) is 18.5 Å². The quantitative estimate of drug-likeness (QED) is 0.542. The van der Waals surface area contributed by atoms with Crippen molar-refractivity contribution in [3.05, 3.63) is 77.9 Å². The third-order valence-corrected chi connectivity index (χ3v) is 7.04. The first-order valence-corrected chi connectivity index (χ1v) is 12.1. The second kappa shape index (κ2) is 9.06. The summed E-state index contributed by atoms with van der Waals surface area (Å²) in [4.78, 5) is 42.4. The van der Waals surface area contributed by atoms with Crippen LogP contribution in [0.25, 0.3) is 10.8 Å². The molecule has 0 spiro atoms. The monoisotopic (exact) mass is 471 g/mol. The molecule has 4 amide bonds. The zero-order chi connectivity index (χ0) is 24.6. The average Bonchev–Trinajstić information content (AvgIpc) is 3.44. The lowest BCUT2D eigenvalue weighted by Gasteiger charge is -2.27. The van der Waals surface area contributed by atoms with Crippen LogP contribution in [0.2, 0.25) is 0 Å². The number of carbonyl (C=O) groups is 3. The summed E-state index contributed by atoms with van der Waals surface area (Å²) >= 11 is 0. The zero-order valence-electron chi connectivity index (χ0n) is 20.0. The number of nitrogens with zero attached hydrogens (tertiary/aromatic N) is 2. The Morgan fingerprint density at radius 3 is 2.54 bits per heavy atom. The summed E-state index contributed by atoms with van der Waals surface area (Å²) in [6.45, 7) is 4.55. The molecule has 2 saturated heterocycles. The van der Waals surface area contributed by atoms with E-state index in [1.165, 1.54) is 0 Å². The number of imide groups is 1. The number of benzene rings is 3. The largest absolute Gasteiger partial charge is 0.494 e. The van der Waals surface area contributed by atoms with Crippen molar-refractivity contribution in [3.63, 3.8) is 0 Å². The van der Waals surface area contributed by atoms with E-state index in [4.69, 9.17) is 4.74 Å². The molecule has 2 heterocycles. The van der Waals surface area contributed by atoms with Gasteiger partial charge in [-0.2, -0.15) is 0 Å². The number of ether oxygens (including phenoxy) is 1.